The van der Waals surface area contributed by atoms with Gasteiger partial charge in [0.05, 0.1) is 0 Å². The van der Waals surface area contributed by atoms with Crippen LogP contribution in [0.15, 0.2) is 24.3 Å². The first-order valence-corrected chi connectivity index (χ1v) is 6.61. The molecule has 3 rings (SSSR count). The van der Waals surface area contributed by atoms with Crippen molar-refractivity contribution in [2.45, 2.75) is 26.2 Å². The fourth-order valence-corrected chi connectivity index (χ4v) is 2.98. The first-order chi connectivity index (χ1) is 8.34. The molecule has 1 unspecified atom stereocenters. The van der Waals surface area contributed by atoms with E-state index in [1.165, 1.54) is 54.5 Å². The van der Waals surface area contributed by atoms with Crippen LogP contribution >= 0.6 is 0 Å². The van der Waals surface area contributed by atoms with Crippen LogP contribution in [0, 0.1) is 12.8 Å². The average Bonchev–Trinajstić information content (AvgIpc) is 2.68. The largest absolute Gasteiger partial charge is 0.358 e. The van der Waals surface area contributed by atoms with E-state index in [1.807, 2.05) is 0 Å². The van der Waals surface area contributed by atoms with Gasteiger partial charge in [0.1, 0.15) is 0 Å². The molecule has 0 bridgehead atoms. The number of nitrogens with one attached hydrogen (secondary N) is 2. The van der Waals surface area contributed by atoms with Crippen molar-refractivity contribution < 1.29 is 0 Å². The summed E-state index contributed by atoms with van der Waals surface area (Å²) in [6.45, 7) is 4.58. The van der Waals surface area contributed by atoms with Gasteiger partial charge in [0.2, 0.25) is 0 Å². The van der Waals surface area contributed by atoms with Gasteiger partial charge in [-0.25, -0.2) is 0 Å². The van der Waals surface area contributed by atoms with Crippen LogP contribution in [0.5, 0.6) is 0 Å². The zero-order valence-corrected chi connectivity index (χ0v) is 10.4. The van der Waals surface area contributed by atoms with E-state index in [0.717, 1.165) is 5.92 Å². The lowest BCUT2D eigenvalue weighted by Crippen LogP contribution is -2.30. The number of para-hydroxylation sites is 1. The Bertz CT molecular complexity index is 507. The van der Waals surface area contributed by atoms with Crippen LogP contribution in [-0.4, -0.2) is 18.1 Å². The number of aryl methyl sites for hydroxylation is 1. The maximum absolute atomic E-state index is 3.50. The molecule has 1 aromatic carbocycles. The summed E-state index contributed by atoms with van der Waals surface area (Å²) in [4.78, 5) is 3.50. The minimum atomic E-state index is 0.807. The highest BCUT2D eigenvalue weighted by Crippen LogP contribution is 2.26. The van der Waals surface area contributed by atoms with Crippen molar-refractivity contribution in [3.63, 3.8) is 0 Å². The fraction of sp³-hybridized carbons (Fsp3) is 0.467. The van der Waals surface area contributed by atoms with Gasteiger partial charge in [-0.3, -0.25) is 0 Å². The highest BCUT2D eigenvalue weighted by molar-refractivity contribution is 5.84. The Morgan fingerprint density at radius 2 is 2.18 bits per heavy atom. The summed E-state index contributed by atoms with van der Waals surface area (Å²) in [7, 11) is 0. The number of aromatic amines is 1. The van der Waals surface area contributed by atoms with E-state index in [1.54, 1.807) is 0 Å². The third-order valence-corrected chi connectivity index (χ3v) is 3.92. The standard InChI is InChI=1S/C15H20N2/c1-11-14(9-12-5-4-8-16-10-12)13-6-2-3-7-15(13)17-11/h2-3,6-7,12,16-17H,4-5,8-10H2,1H3. The molecule has 2 aromatic rings. The maximum atomic E-state index is 3.50. The minimum Gasteiger partial charge on any atom is -0.358 e. The number of piperidine rings is 1. The molecule has 0 spiro atoms. The molecule has 1 atom stereocenters. The van der Waals surface area contributed by atoms with E-state index in [-0.39, 0.29) is 0 Å². The van der Waals surface area contributed by atoms with E-state index in [2.05, 4.69) is 41.5 Å². The van der Waals surface area contributed by atoms with E-state index >= 15 is 0 Å². The number of H-pyrrole nitrogens is 1. The van der Waals surface area contributed by atoms with Gasteiger partial charge in [0.15, 0.2) is 0 Å². The van der Waals surface area contributed by atoms with Gasteiger partial charge in [0, 0.05) is 16.6 Å². The zero-order chi connectivity index (χ0) is 11.7. The van der Waals surface area contributed by atoms with Gasteiger partial charge in [-0.1, -0.05) is 18.2 Å². The zero-order valence-electron chi connectivity index (χ0n) is 10.4. The number of aromatic nitrogens is 1. The van der Waals surface area contributed by atoms with Crippen molar-refractivity contribution in [1.29, 1.82) is 0 Å². The Kier molecular flexibility index (Phi) is 2.89. The Morgan fingerprint density at radius 1 is 1.29 bits per heavy atom. The lowest BCUT2D eigenvalue weighted by Gasteiger charge is -2.22. The first kappa shape index (κ1) is 10.8. The van der Waals surface area contributed by atoms with Crippen LogP contribution in [0.1, 0.15) is 24.1 Å². The second kappa shape index (κ2) is 4.53. The normalized spacial score (nSPS) is 20.9. The monoisotopic (exact) mass is 228 g/mol. The van der Waals surface area contributed by atoms with Gasteiger partial charge in [-0.2, -0.15) is 0 Å². The fourth-order valence-electron chi connectivity index (χ4n) is 2.98. The Morgan fingerprint density at radius 3 is 3.00 bits per heavy atom. The summed E-state index contributed by atoms with van der Waals surface area (Å²) in [5, 5.41) is 4.92. The first-order valence-electron chi connectivity index (χ1n) is 6.61. The summed E-state index contributed by atoms with van der Waals surface area (Å²) < 4.78 is 0. The van der Waals surface area contributed by atoms with Gasteiger partial charge < -0.3 is 10.3 Å². The summed E-state index contributed by atoms with van der Waals surface area (Å²) in [6, 6.07) is 8.65. The van der Waals surface area contributed by atoms with Crippen LogP contribution in [-0.2, 0) is 6.42 Å². The molecule has 17 heavy (non-hydrogen) atoms. The van der Waals surface area contributed by atoms with Crippen LogP contribution in [0.2, 0.25) is 0 Å². The summed E-state index contributed by atoms with van der Waals surface area (Å²) in [5.41, 5.74) is 4.15. The van der Waals surface area contributed by atoms with Crippen LogP contribution in [0.3, 0.4) is 0 Å². The Labute approximate surface area is 102 Å². The maximum Gasteiger partial charge on any atom is 0.0458 e. The van der Waals surface area contributed by atoms with Gasteiger partial charge >= 0.3 is 0 Å². The summed E-state index contributed by atoms with van der Waals surface area (Å²) in [5.74, 6) is 0.807. The van der Waals surface area contributed by atoms with Crippen LogP contribution < -0.4 is 5.32 Å². The third-order valence-electron chi connectivity index (χ3n) is 3.92. The van der Waals surface area contributed by atoms with Gasteiger partial charge in [0.25, 0.3) is 0 Å². The van der Waals surface area contributed by atoms with Crippen LogP contribution in [0.25, 0.3) is 10.9 Å². The van der Waals surface area contributed by atoms with Crippen molar-refractivity contribution in [2.75, 3.05) is 13.1 Å². The molecule has 90 valence electrons. The number of rotatable bonds is 2. The summed E-state index contributed by atoms with van der Waals surface area (Å²) >= 11 is 0. The van der Waals surface area contributed by atoms with E-state index in [9.17, 15) is 0 Å². The topological polar surface area (TPSA) is 27.8 Å². The third kappa shape index (κ3) is 2.09. The molecule has 1 saturated heterocycles. The predicted octanol–water partition coefficient (Wildman–Crippen LogP) is 3.02. The quantitative estimate of drug-likeness (QED) is 0.812. The molecule has 1 aromatic heterocycles. The molecule has 1 aliphatic heterocycles. The highest BCUT2D eigenvalue weighted by Gasteiger charge is 2.17. The molecule has 0 amide bonds. The average molecular weight is 228 g/mol. The van der Waals surface area contributed by atoms with Crippen LogP contribution in [0.4, 0.5) is 0 Å². The molecule has 0 aliphatic carbocycles. The van der Waals surface area contributed by atoms with Crippen molar-refractivity contribution >= 4 is 10.9 Å². The number of fused-ring (bicyclic) bond motifs is 1. The van der Waals surface area contributed by atoms with Gasteiger partial charge in [-0.05, 0) is 56.8 Å². The molecule has 2 heterocycles. The lowest BCUT2D eigenvalue weighted by molar-refractivity contribution is 0.376. The number of hydrogen-bond acceptors (Lipinski definition) is 1. The molecule has 2 N–H and O–H groups in total. The number of hydrogen-bond donors (Lipinski definition) is 2. The Balaban J connectivity index is 1.90. The second-order valence-electron chi connectivity index (χ2n) is 5.19. The van der Waals surface area contributed by atoms with Crippen molar-refractivity contribution in [2.24, 2.45) is 5.92 Å². The van der Waals surface area contributed by atoms with E-state index in [4.69, 9.17) is 0 Å². The number of benzene rings is 1. The second-order valence-corrected chi connectivity index (χ2v) is 5.19. The van der Waals surface area contributed by atoms with Crippen molar-refractivity contribution in [1.82, 2.24) is 10.3 Å². The molecule has 1 fully saturated rings. The molecule has 1 aliphatic rings. The molecule has 2 heteroatoms. The minimum absolute atomic E-state index is 0.807. The molecule has 2 nitrogen and oxygen atoms in total. The van der Waals surface area contributed by atoms with E-state index < -0.39 is 0 Å². The molecule has 0 radical (unpaired) electrons. The van der Waals surface area contributed by atoms with Crippen molar-refractivity contribution in [3.8, 4) is 0 Å². The molecular weight excluding hydrogens is 208 g/mol. The Hall–Kier alpha value is -1.28. The highest BCUT2D eigenvalue weighted by atomic mass is 14.9. The van der Waals surface area contributed by atoms with E-state index in [0.29, 0.717) is 0 Å². The van der Waals surface area contributed by atoms with Crippen molar-refractivity contribution in [3.05, 3.63) is 35.5 Å². The summed E-state index contributed by atoms with van der Waals surface area (Å²) in [6.07, 6.45) is 3.90. The molecular formula is C15H20N2. The smallest absolute Gasteiger partial charge is 0.0458 e. The lowest BCUT2D eigenvalue weighted by atomic mass is 9.91. The SMILES string of the molecule is Cc1[nH]c2ccccc2c1CC1CCCNC1. The van der Waals surface area contributed by atoms with Gasteiger partial charge in [-0.15, -0.1) is 0 Å². The molecule has 0 saturated carbocycles. The predicted molar refractivity (Wildman–Crippen MR) is 72.3 cm³/mol.